The van der Waals surface area contributed by atoms with Gasteiger partial charge in [0.2, 0.25) is 0 Å². The number of rotatable bonds is 10. The van der Waals surface area contributed by atoms with Crippen LogP contribution in [0, 0.1) is 5.92 Å². The van der Waals surface area contributed by atoms with Crippen LogP contribution in [-0.4, -0.2) is 75.3 Å². The molecule has 1 saturated heterocycles. The number of halogens is 1. The van der Waals surface area contributed by atoms with Gasteiger partial charge in [-0.05, 0) is 44.5 Å². The average molecular weight is 532 g/mol. The van der Waals surface area contributed by atoms with Crippen molar-refractivity contribution in [3.8, 4) is 0 Å². The van der Waals surface area contributed by atoms with E-state index in [9.17, 15) is 0 Å². The highest BCUT2D eigenvalue weighted by atomic mass is 127. The Labute approximate surface area is 200 Å². The van der Waals surface area contributed by atoms with Gasteiger partial charge in [0.25, 0.3) is 0 Å². The normalized spacial score (nSPS) is 16.4. The summed E-state index contributed by atoms with van der Waals surface area (Å²) in [7, 11) is 4.19. The standard InChI is InChI=1S/C23H41N5O.HI/c1-6-24-23(25-16-20-7-9-21(10-8-20)18-27(4)5)26-17-22(15-19(2)3)28-11-13-29-14-12-28;/h7-10,19,22H,6,11-18H2,1-5H3,(H2,24,25,26);1H. The van der Waals surface area contributed by atoms with E-state index in [4.69, 9.17) is 9.73 Å². The second kappa shape index (κ2) is 15.0. The highest BCUT2D eigenvalue weighted by Gasteiger charge is 2.22. The molecular formula is C23H42IN5O. The Balaban J connectivity index is 0.00000450. The van der Waals surface area contributed by atoms with E-state index >= 15 is 0 Å². The first kappa shape index (κ1) is 27.1. The maximum absolute atomic E-state index is 5.54. The van der Waals surface area contributed by atoms with E-state index < -0.39 is 0 Å². The van der Waals surface area contributed by atoms with E-state index in [0.29, 0.717) is 18.5 Å². The molecule has 1 aromatic rings. The van der Waals surface area contributed by atoms with Gasteiger partial charge in [0.1, 0.15) is 0 Å². The van der Waals surface area contributed by atoms with Gasteiger partial charge in [-0.25, -0.2) is 4.99 Å². The predicted molar refractivity (Wildman–Crippen MR) is 138 cm³/mol. The van der Waals surface area contributed by atoms with Crippen LogP contribution in [0.3, 0.4) is 0 Å². The Bertz CT molecular complexity index is 600. The predicted octanol–water partition coefficient (Wildman–Crippen LogP) is 3.17. The van der Waals surface area contributed by atoms with Crippen LogP contribution in [0.1, 0.15) is 38.3 Å². The summed E-state index contributed by atoms with van der Waals surface area (Å²) in [6, 6.07) is 9.26. The average Bonchev–Trinajstić information content (AvgIpc) is 2.70. The Morgan fingerprint density at radius 2 is 1.73 bits per heavy atom. The Morgan fingerprint density at radius 1 is 1.10 bits per heavy atom. The highest BCUT2D eigenvalue weighted by Crippen LogP contribution is 2.13. The molecule has 0 bridgehead atoms. The fourth-order valence-corrected chi connectivity index (χ4v) is 3.69. The van der Waals surface area contributed by atoms with Crippen LogP contribution in [0.5, 0.6) is 0 Å². The van der Waals surface area contributed by atoms with Gasteiger partial charge in [0.05, 0.1) is 19.8 Å². The summed E-state index contributed by atoms with van der Waals surface area (Å²) in [6.45, 7) is 13.8. The number of benzene rings is 1. The maximum atomic E-state index is 5.54. The van der Waals surface area contributed by atoms with E-state index in [1.54, 1.807) is 0 Å². The molecule has 2 rings (SSSR count). The van der Waals surface area contributed by atoms with Gasteiger partial charge in [0.15, 0.2) is 5.96 Å². The van der Waals surface area contributed by atoms with Gasteiger partial charge in [-0.3, -0.25) is 4.90 Å². The molecule has 1 heterocycles. The van der Waals surface area contributed by atoms with Crippen molar-refractivity contribution >= 4 is 29.9 Å². The lowest BCUT2D eigenvalue weighted by atomic mass is 10.0. The quantitative estimate of drug-likeness (QED) is 0.276. The van der Waals surface area contributed by atoms with Gasteiger partial charge in [-0.2, -0.15) is 0 Å². The van der Waals surface area contributed by atoms with Gasteiger partial charge < -0.3 is 20.3 Å². The Morgan fingerprint density at radius 3 is 2.30 bits per heavy atom. The van der Waals surface area contributed by atoms with Crippen molar-refractivity contribution in [2.75, 3.05) is 53.5 Å². The monoisotopic (exact) mass is 531 g/mol. The number of hydrogen-bond donors (Lipinski definition) is 2. The van der Waals surface area contributed by atoms with Crippen molar-refractivity contribution in [3.63, 3.8) is 0 Å². The lowest BCUT2D eigenvalue weighted by Crippen LogP contribution is -2.51. The lowest BCUT2D eigenvalue weighted by molar-refractivity contribution is 0.0132. The summed E-state index contributed by atoms with van der Waals surface area (Å²) in [5.41, 5.74) is 2.56. The van der Waals surface area contributed by atoms with E-state index in [2.05, 4.69) is 79.6 Å². The minimum atomic E-state index is 0. The van der Waals surface area contributed by atoms with Gasteiger partial charge in [-0.1, -0.05) is 38.1 Å². The van der Waals surface area contributed by atoms with Crippen molar-refractivity contribution in [2.24, 2.45) is 10.9 Å². The molecule has 0 radical (unpaired) electrons. The number of hydrogen-bond acceptors (Lipinski definition) is 4. The zero-order valence-electron chi connectivity index (χ0n) is 19.5. The second-order valence-corrected chi connectivity index (χ2v) is 8.56. The van der Waals surface area contributed by atoms with Gasteiger partial charge in [0, 0.05) is 38.8 Å². The molecule has 2 N–H and O–H groups in total. The first-order valence-corrected chi connectivity index (χ1v) is 11.0. The third kappa shape index (κ3) is 10.4. The number of nitrogens with zero attached hydrogens (tertiary/aromatic N) is 3. The molecule has 30 heavy (non-hydrogen) atoms. The van der Waals surface area contributed by atoms with Crippen molar-refractivity contribution in [2.45, 2.75) is 46.3 Å². The summed E-state index contributed by atoms with van der Waals surface area (Å²) < 4.78 is 5.54. The van der Waals surface area contributed by atoms with Crippen molar-refractivity contribution in [1.82, 2.24) is 20.4 Å². The molecule has 1 unspecified atom stereocenters. The molecule has 6 nitrogen and oxygen atoms in total. The third-order valence-corrected chi connectivity index (χ3v) is 5.10. The molecule has 0 amide bonds. The lowest BCUT2D eigenvalue weighted by Gasteiger charge is -2.35. The Kier molecular flexibility index (Phi) is 13.6. The molecule has 1 atom stereocenters. The maximum Gasteiger partial charge on any atom is 0.191 e. The zero-order valence-corrected chi connectivity index (χ0v) is 21.8. The fourth-order valence-electron chi connectivity index (χ4n) is 3.69. The molecular weight excluding hydrogens is 489 g/mol. The highest BCUT2D eigenvalue weighted by molar-refractivity contribution is 14.0. The van der Waals surface area contributed by atoms with Crippen LogP contribution in [0.4, 0.5) is 0 Å². The Hall–Kier alpha value is -0.900. The molecule has 0 aromatic heterocycles. The van der Waals surface area contributed by atoms with Crippen LogP contribution in [0.25, 0.3) is 0 Å². The van der Waals surface area contributed by atoms with Crippen molar-refractivity contribution < 1.29 is 4.74 Å². The van der Waals surface area contributed by atoms with Crippen LogP contribution in [-0.2, 0) is 17.8 Å². The SMILES string of the molecule is CCNC(=NCc1ccc(CN(C)C)cc1)NCC(CC(C)C)N1CCOCC1.I. The van der Waals surface area contributed by atoms with Crippen LogP contribution < -0.4 is 10.6 Å². The summed E-state index contributed by atoms with van der Waals surface area (Å²) >= 11 is 0. The summed E-state index contributed by atoms with van der Waals surface area (Å²) in [6.07, 6.45) is 1.18. The number of aliphatic imine (C=N–C) groups is 1. The smallest absolute Gasteiger partial charge is 0.191 e. The molecule has 1 fully saturated rings. The van der Waals surface area contributed by atoms with E-state index in [0.717, 1.165) is 51.9 Å². The molecule has 1 aliphatic heterocycles. The van der Waals surface area contributed by atoms with Crippen LogP contribution in [0.2, 0.25) is 0 Å². The minimum absolute atomic E-state index is 0. The molecule has 0 spiro atoms. The number of ether oxygens (including phenoxy) is 1. The molecule has 172 valence electrons. The second-order valence-electron chi connectivity index (χ2n) is 8.56. The summed E-state index contributed by atoms with van der Waals surface area (Å²) in [5.74, 6) is 1.57. The van der Waals surface area contributed by atoms with Crippen molar-refractivity contribution in [3.05, 3.63) is 35.4 Å². The third-order valence-electron chi connectivity index (χ3n) is 5.10. The fraction of sp³-hybridized carbons (Fsp3) is 0.696. The number of guanidine groups is 1. The van der Waals surface area contributed by atoms with Gasteiger partial charge >= 0.3 is 0 Å². The summed E-state index contributed by atoms with van der Waals surface area (Å²) in [5, 5.41) is 6.97. The first-order valence-electron chi connectivity index (χ1n) is 11.0. The topological polar surface area (TPSA) is 52.1 Å². The van der Waals surface area contributed by atoms with E-state index in [-0.39, 0.29) is 24.0 Å². The molecule has 0 saturated carbocycles. The van der Waals surface area contributed by atoms with Crippen LogP contribution >= 0.6 is 24.0 Å². The molecule has 1 aromatic carbocycles. The van der Waals surface area contributed by atoms with Gasteiger partial charge in [-0.15, -0.1) is 24.0 Å². The van der Waals surface area contributed by atoms with Crippen molar-refractivity contribution in [1.29, 1.82) is 0 Å². The number of nitrogens with one attached hydrogen (secondary N) is 2. The van der Waals surface area contributed by atoms with Crippen LogP contribution in [0.15, 0.2) is 29.3 Å². The largest absolute Gasteiger partial charge is 0.379 e. The van der Waals surface area contributed by atoms with E-state index in [1.165, 1.54) is 17.5 Å². The molecule has 7 heteroatoms. The molecule has 1 aliphatic rings. The number of morpholine rings is 1. The zero-order chi connectivity index (χ0) is 21.1. The minimum Gasteiger partial charge on any atom is -0.379 e. The van der Waals surface area contributed by atoms with E-state index in [1.807, 2.05) is 0 Å². The summed E-state index contributed by atoms with van der Waals surface area (Å²) in [4.78, 5) is 9.55. The first-order chi connectivity index (χ1) is 14.0. The molecule has 0 aliphatic carbocycles.